The second-order valence-corrected chi connectivity index (χ2v) is 3.44. The highest BCUT2D eigenvalue weighted by atomic mass is 14.9. The molecule has 0 bridgehead atoms. The van der Waals surface area contributed by atoms with Crippen molar-refractivity contribution in [2.24, 2.45) is 5.92 Å². The van der Waals surface area contributed by atoms with E-state index < -0.39 is 0 Å². The molecule has 0 heterocycles. The van der Waals surface area contributed by atoms with Crippen molar-refractivity contribution in [3.05, 3.63) is 0 Å². The van der Waals surface area contributed by atoms with Gasteiger partial charge in [-0.3, -0.25) is 0 Å². The first kappa shape index (κ1) is 8.39. The van der Waals surface area contributed by atoms with Gasteiger partial charge in [-0.2, -0.15) is 5.26 Å². The summed E-state index contributed by atoms with van der Waals surface area (Å²) < 4.78 is 0. The van der Waals surface area contributed by atoms with Crippen LogP contribution in [0.5, 0.6) is 0 Å². The zero-order valence-electron chi connectivity index (χ0n) is 7.14. The quantitative estimate of drug-likeness (QED) is 0.485. The number of rotatable bonds is 2. The molecule has 2 nitrogen and oxygen atoms in total. The molecule has 0 amide bonds. The van der Waals surface area contributed by atoms with Gasteiger partial charge in [-0.15, -0.1) is 0 Å². The van der Waals surface area contributed by atoms with E-state index >= 15 is 0 Å². The van der Waals surface area contributed by atoms with Gasteiger partial charge in [0.25, 0.3) is 0 Å². The predicted octanol–water partition coefficient (Wildman–Crippen LogP) is 2.03. The normalized spacial score (nSPS) is 22.2. The predicted molar refractivity (Wildman–Crippen MR) is 44.8 cm³/mol. The van der Waals surface area contributed by atoms with Crippen LogP contribution in [-0.4, -0.2) is 6.04 Å². The van der Waals surface area contributed by atoms with Crippen LogP contribution in [0.1, 0.15) is 39.0 Å². The van der Waals surface area contributed by atoms with Crippen LogP contribution in [0.3, 0.4) is 0 Å². The Kier molecular flexibility index (Phi) is 3.22. The molecule has 2 heteroatoms. The Hall–Kier alpha value is -0.710. The third-order valence-corrected chi connectivity index (χ3v) is 2.65. The van der Waals surface area contributed by atoms with Gasteiger partial charge in [0, 0.05) is 6.04 Å². The second kappa shape index (κ2) is 4.23. The fraction of sp³-hybridized carbons (Fsp3) is 0.889. The molecule has 0 saturated heterocycles. The van der Waals surface area contributed by atoms with Crippen LogP contribution in [-0.2, 0) is 0 Å². The number of hydrogen-bond acceptors (Lipinski definition) is 2. The van der Waals surface area contributed by atoms with Crippen LogP contribution in [0.2, 0.25) is 0 Å². The number of hydrogen-bond donors (Lipinski definition) is 1. The van der Waals surface area contributed by atoms with Gasteiger partial charge in [0.2, 0.25) is 0 Å². The lowest BCUT2D eigenvalue weighted by molar-refractivity contribution is 0.299. The SMILES string of the molecule is C[C@H](NC#N)C1CCCCC1. The maximum Gasteiger partial charge on any atom is 0.176 e. The molecule has 0 aliphatic heterocycles. The molecule has 62 valence electrons. The highest BCUT2D eigenvalue weighted by Crippen LogP contribution is 2.25. The summed E-state index contributed by atoms with van der Waals surface area (Å²) in [7, 11) is 0. The highest BCUT2D eigenvalue weighted by molar-refractivity contribution is 4.80. The van der Waals surface area contributed by atoms with Crippen molar-refractivity contribution < 1.29 is 0 Å². The summed E-state index contributed by atoms with van der Waals surface area (Å²) in [6.45, 7) is 2.11. The van der Waals surface area contributed by atoms with Crippen molar-refractivity contribution in [2.45, 2.75) is 45.1 Å². The first-order chi connectivity index (χ1) is 5.34. The summed E-state index contributed by atoms with van der Waals surface area (Å²) in [5.74, 6) is 0.739. The summed E-state index contributed by atoms with van der Waals surface area (Å²) in [5.41, 5.74) is 0. The average molecular weight is 152 g/mol. The lowest BCUT2D eigenvalue weighted by Crippen LogP contribution is -2.31. The van der Waals surface area contributed by atoms with Gasteiger partial charge in [0.05, 0.1) is 0 Å². The minimum Gasteiger partial charge on any atom is -0.321 e. The average Bonchev–Trinajstić information content (AvgIpc) is 2.07. The molecule has 11 heavy (non-hydrogen) atoms. The Labute approximate surface area is 68.6 Å². The van der Waals surface area contributed by atoms with Crippen molar-refractivity contribution in [2.75, 3.05) is 0 Å². The van der Waals surface area contributed by atoms with Gasteiger partial charge in [-0.05, 0) is 25.7 Å². The molecular formula is C9H16N2. The first-order valence-corrected chi connectivity index (χ1v) is 4.49. The van der Waals surface area contributed by atoms with Gasteiger partial charge in [-0.25, -0.2) is 0 Å². The molecule has 1 aliphatic carbocycles. The van der Waals surface area contributed by atoms with Gasteiger partial charge >= 0.3 is 0 Å². The maximum absolute atomic E-state index is 8.41. The summed E-state index contributed by atoms with van der Waals surface area (Å²) in [6, 6.07) is 0.389. The summed E-state index contributed by atoms with van der Waals surface area (Å²) >= 11 is 0. The van der Waals surface area contributed by atoms with Crippen LogP contribution in [0.15, 0.2) is 0 Å². The summed E-state index contributed by atoms with van der Waals surface area (Å²) in [5, 5.41) is 11.2. The van der Waals surface area contributed by atoms with Crippen LogP contribution < -0.4 is 5.32 Å². The lowest BCUT2D eigenvalue weighted by atomic mass is 9.85. The number of nitrogens with one attached hydrogen (secondary N) is 1. The van der Waals surface area contributed by atoms with Crippen LogP contribution >= 0.6 is 0 Å². The molecule has 1 N–H and O–H groups in total. The van der Waals surface area contributed by atoms with E-state index in [2.05, 4.69) is 12.2 Å². The van der Waals surface area contributed by atoms with E-state index in [1.807, 2.05) is 6.19 Å². The fourth-order valence-electron chi connectivity index (χ4n) is 1.85. The van der Waals surface area contributed by atoms with Crippen molar-refractivity contribution in [3.8, 4) is 6.19 Å². The molecule has 0 spiro atoms. The third kappa shape index (κ3) is 2.42. The van der Waals surface area contributed by atoms with Crippen molar-refractivity contribution >= 4 is 0 Å². The van der Waals surface area contributed by atoms with Crippen LogP contribution in [0.25, 0.3) is 0 Å². The molecule has 1 saturated carbocycles. The van der Waals surface area contributed by atoms with Crippen molar-refractivity contribution in [1.29, 1.82) is 5.26 Å². The van der Waals surface area contributed by atoms with E-state index in [4.69, 9.17) is 5.26 Å². The highest BCUT2D eigenvalue weighted by Gasteiger charge is 2.18. The Morgan fingerprint density at radius 3 is 2.55 bits per heavy atom. The molecule has 1 rings (SSSR count). The maximum atomic E-state index is 8.41. The van der Waals surface area contributed by atoms with Crippen LogP contribution in [0, 0.1) is 17.4 Å². The molecule has 0 aromatic carbocycles. The lowest BCUT2D eigenvalue weighted by Gasteiger charge is -2.26. The number of nitriles is 1. The van der Waals surface area contributed by atoms with E-state index in [-0.39, 0.29) is 0 Å². The third-order valence-electron chi connectivity index (χ3n) is 2.65. The molecule has 0 unspecified atom stereocenters. The van der Waals surface area contributed by atoms with Gasteiger partial charge in [-0.1, -0.05) is 19.3 Å². The Balaban J connectivity index is 2.27. The zero-order chi connectivity index (χ0) is 8.10. The Morgan fingerprint density at radius 1 is 1.36 bits per heavy atom. The molecular weight excluding hydrogens is 136 g/mol. The number of nitrogens with zero attached hydrogens (tertiary/aromatic N) is 1. The molecule has 0 aromatic rings. The molecule has 1 aliphatic rings. The van der Waals surface area contributed by atoms with Crippen LogP contribution in [0.4, 0.5) is 0 Å². The summed E-state index contributed by atoms with van der Waals surface area (Å²) in [4.78, 5) is 0. The van der Waals surface area contributed by atoms with Gasteiger partial charge in [0.1, 0.15) is 0 Å². The molecule has 0 radical (unpaired) electrons. The van der Waals surface area contributed by atoms with Gasteiger partial charge < -0.3 is 5.32 Å². The van der Waals surface area contributed by atoms with Crippen molar-refractivity contribution in [1.82, 2.24) is 5.32 Å². The Morgan fingerprint density at radius 2 is 2.00 bits per heavy atom. The van der Waals surface area contributed by atoms with Gasteiger partial charge in [0.15, 0.2) is 6.19 Å². The Bertz CT molecular complexity index is 142. The second-order valence-electron chi connectivity index (χ2n) is 3.44. The van der Waals surface area contributed by atoms with E-state index in [1.165, 1.54) is 32.1 Å². The molecule has 1 fully saturated rings. The first-order valence-electron chi connectivity index (χ1n) is 4.49. The smallest absolute Gasteiger partial charge is 0.176 e. The topological polar surface area (TPSA) is 35.8 Å². The van der Waals surface area contributed by atoms with Crippen molar-refractivity contribution in [3.63, 3.8) is 0 Å². The zero-order valence-corrected chi connectivity index (χ0v) is 7.14. The monoisotopic (exact) mass is 152 g/mol. The van der Waals surface area contributed by atoms with E-state index in [0.717, 1.165) is 5.92 Å². The van der Waals surface area contributed by atoms with E-state index in [1.54, 1.807) is 0 Å². The van der Waals surface area contributed by atoms with E-state index in [0.29, 0.717) is 6.04 Å². The minimum absolute atomic E-state index is 0.389. The summed E-state index contributed by atoms with van der Waals surface area (Å²) in [6.07, 6.45) is 8.70. The largest absolute Gasteiger partial charge is 0.321 e. The standard InChI is InChI=1S/C9H16N2/c1-8(11-7-10)9-5-3-2-4-6-9/h8-9,11H,2-6H2,1H3/t8-/m0/s1. The molecule has 0 aromatic heterocycles. The van der Waals surface area contributed by atoms with E-state index in [9.17, 15) is 0 Å². The molecule has 1 atom stereocenters. The minimum atomic E-state index is 0.389. The fourth-order valence-corrected chi connectivity index (χ4v) is 1.85.